The van der Waals surface area contributed by atoms with Crippen LogP contribution < -0.4 is 0 Å². The molecule has 2 aromatic rings. The van der Waals surface area contributed by atoms with E-state index in [1.54, 1.807) is 0 Å². The summed E-state index contributed by atoms with van der Waals surface area (Å²) in [6, 6.07) is 7.64. The van der Waals surface area contributed by atoms with Crippen molar-refractivity contribution < 1.29 is 4.39 Å². The first kappa shape index (κ1) is 13.5. The third kappa shape index (κ3) is 2.89. The maximum atomic E-state index is 13.9. The van der Waals surface area contributed by atoms with E-state index < -0.39 is 0 Å². The quantitative estimate of drug-likeness (QED) is 0.542. The van der Waals surface area contributed by atoms with Gasteiger partial charge in [-0.1, -0.05) is 44.4 Å². The molecule has 0 bridgehead atoms. The number of pyridine rings is 1. The Morgan fingerprint density at radius 3 is 2.72 bits per heavy atom. The minimum atomic E-state index is -0.336. The summed E-state index contributed by atoms with van der Waals surface area (Å²) in [5.74, 6) is -0.336. The van der Waals surface area contributed by atoms with Gasteiger partial charge in [-0.2, -0.15) is 4.39 Å². The van der Waals surface area contributed by atoms with Crippen LogP contribution in [-0.2, 0) is 6.42 Å². The molecule has 0 radical (unpaired) electrons. The van der Waals surface area contributed by atoms with E-state index in [0.29, 0.717) is 11.1 Å². The van der Waals surface area contributed by atoms with E-state index in [1.165, 1.54) is 12.8 Å². The molecule has 18 heavy (non-hydrogen) atoms. The fourth-order valence-electron chi connectivity index (χ4n) is 2.12. The van der Waals surface area contributed by atoms with Crippen LogP contribution in [0.2, 0.25) is 0 Å². The third-order valence-electron chi connectivity index (χ3n) is 3.15. The molecule has 1 nitrogen and oxygen atoms in total. The summed E-state index contributed by atoms with van der Waals surface area (Å²) >= 11 is 3.52. The standard InChI is InChI=1S/C15H17BrFN/c1-2-3-4-5-9-12-14(16)11-8-6-7-10-13(11)18-15(12)17/h6-8,10H,2-5,9H2,1H3. The molecule has 0 aliphatic rings. The summed E-state index contributed by atoms with van der Waals surface area (Å²) in [6.45, 7) is 2.17. The second kappa shape index (κ2) is 6.28. The van der Waals surface area contributed by atoms with Crippen LogP contribution in [0.5, 0.6) is 0 Å². The molecule has 0 atom stereocenters. The van der Waals surface area contributed by atoms with Crippen molar-refractivity contribution in [1.29, 1.82) is 0 Å². The van der Waals surface area contributed by atoms with Crippen LogP contribution in [0.4, 0.5) is 4.39 Å². The minimum absolute atomic E-state index is 0.336. The van der Waals surface area contributed by atoms with E-state index in [9.17, 15) is 4.39 Å². The molecule has 0 saturated carbocycles. The molecule has 1 heterocycles. The van der Waals surface area contributed by atoms with Gasteiger partial charge in [-0.15, -0.1) is 0 Å². The summed E-state index contributed by atoms with van der Waals surface area (Å²) in [6.07, 6.45) is 5.32. The van der Waals surface area contributed by atoms with E-state index in [-0.39, 0.29) is 5.95 Å². The first-order valence-electron chi connectivity index (χ1n) is 6.46. The largest absolute Gasteiger partial charge is 0.219 e. The number of unbranched alkanes of at least 4 members (excludes halogenated alkanes) is 3. The Balaban J connectivity index is 2.27. The zero-order chi connectivity index (χ0) is 13.0. The Kier molecular flexibility index (Phi) is 4.70. The first-order valence-corrected chi connectivity index (χ1v) is 7.26. The third-order valence-corrected chi connectivity index (χ3v) is 4.06. The fourth-order valence-corrected chi connectivity index (χ4v) is 2.82. The van der Waals surface area contributed by atoms with Crippen LogP contribution >= 0.6 is 15.9 Å². The normalized spacial score (nSPS) is 11.1. The summed E-state index contributed by atoms with van der Waals surface area (Å²) < 4.78 is 14.8. The van der Waals surface area contributed by atoms with Gasteiger partial charge >= 0.3 is 0 Å². The smallest absolute Gasteiger partial charge is 0.217 e. The molecule has 0 amide bonds. The van der Waals surface area contributed by atoms with E-state index in [0.717, 1.165) is 29.1 Å². The SMILES string of the molecule is CCCCCCc1c(F)nc2ccccc2c1Br. The molecule has 2 rings (SSSR count). The molecule has 1 aromatic carbocycles. The molecule has 0 unspecified atom stereocenters. The van der Waals surface area contributed by atoms with Gasteiger partial charge in [0, 0.05) is 15.4 Å². The highest BCUT2D eigenvalue weighted by atomic mass is 79.9. The van der Waals surface area contributed by atoms with E-state index in [1.807, 2.05) is 24.3 Å². The van der Waals surface area contributed by atoms with Crippen molar-refractivity contribution in [1.82, 2.24) is 4.98 Å². The summed E-state index contributed by atoms with van der Waals surface area (Å²) in [4.78, 5) is 4.04. The average Bonchev–Trinajstić information content (AvgIpc) is 2.38. The number of aromatic nitrogens is 1. The van der Waals surface area contributed by atoms with Gasteiger partial charge in [-0.3, -0.25) is 0 Å². The summed E-state index contributed by atoms with van der Waals surface area (Å²) in [5, 5.41) is 0.990. The lowest BCUT2D eigenvalue weighted by atomic mass is 10.1. The Morgan fingerprint density at radius 1 is 1.17 bits per heavy atom. The number of para-hydroxylation sites is 1. The van der Waals surface area contributed by atoms with Crippen molar-refractivity contribution in [2.24, 2.45) is 0 Å². The highest BCUT2D eigenvalue weighted by molar-refractivity contribution is 9.10. The topological polar surface area (TPSA) is 12.9 Å². The van der Waals surface area contributed by atoms with Crippen LogP contribution in [-0.4, -0.2) is 4.98 Å². The zero-order valence-electron chi connectivity index (χ0n) is 10.5. The molecular weight excluding hydrogens is 293 g/mol. The van der Waals surface area contributed by atoms with Gasteiger partial charge in [-0.05, 0) is 34.8 Å². The molecule has 0 fully saturated rings. The number of halogens is 2. The molecule has 1 aromatic heterocycles. The van der Waals surface area contributed by atoms with Gasteiger partial charge in [0.1, 0.15) is 0 Å². The lowest BCUT2D eigenvalue weighted by Gasteiger charge is -2.08. The molecule has 0 N–H and O–H groups in total. The van der Waals surface area contributed by atoms with Crippen LogP contribution in [0.25, 0.3) is 10.9 Å². The molecule has 0 aliphatic heterocycles. The minimum Gasteiger partial charge on any atom is -0.219 e. The molecule has 96 valence electrons. The number of fused-ring (bicyclic) bond motifs is 1. The molecule has 0 aliphatic carbocycles. The Hall–Kier alpha value is -0.960. The molecule has 0 saturated heterocycles. The fraction of sp³-hybridized carbons (Fsp3) is 0.400. The van der Waals surface area contributed by atoms with Gasteiger partial charge in [-0.25, -0.2) is 4.98 Å². The predicted molar refractivity (Wildman–Crippen MR) is 77.2 cm³/mol. The van der Waals surface area contributed by atoms with Gasteiger partial charge in [0.25, 0.3) is 0 Å². The van der Waals surface area contributed by atoms with Crippen LogP contribution in [0.1, 0.15) is 38.2 Å². The van der Waals surface area contributed by atoms with Crippen molar-refractivity contribution in [3.63, 3.8) is 0 Å². The maximum Gasteiger partial charge on any atom is 0.217 e. The number of nitrogens with zero attached hydrogens (tertiary/aromatic N) is 1. The first-order chi connectivity index (χ1) is 8.74. The number of hydrogen-bond donors (Lipinski definition) is 0. The second-order valence-corrected chi connectivity index (χ2v) is 5.32. The van der Waals surface area contributed by atoms with Gasteiger partial charge in [0.15, 0.2) is 0 Å². The van der Waals surface area contributed by atoms with Crippen molar-refractivity contribution in [3.8, 4) is 0 Å². The van der Waals surface area contributed by atoms with Gasteiger partial charge < -0.3 is 0 Å². The van der Waals surface area contributed by atoms with Crippen molar-refractivity contribution in [2.45, 2.75) is 39.0 Å². The van der Waals surface area contributed by atoms with Crippen LogP contribution in [0, 0.1) is 5.95 Å². The maximum absolute atomic E-state index is 13.9. The second-order valence-electron chi connectivity index (χ2n) is 4.52. The number of hydrogen-bond acceptors (Lipinski definition) is 1. The lowest BCUT2D eigenvalue weighted by molar-refractivity contribution is 0.560. The van der Waals surface area contributed by atoms with Gasteiger partial charge in [0.05, 0.1) is 5.52 Å². The number of rotatable bonds is 5. The van der Waals surface area contributed by atoms with E-state index >= 15 is 0 Å². The highest BCUT2D eigenvalue weighted by Gasteiger charge is 2.12. The average molecular weight is 310 g/mol. The molecular formula is C15H17BrFN. The Morgan fingerprint density at radius 2 is 1.94 bits per heavy atom. The molecule has 0 spiro atoms. The van der Waals surface area contributed by atoms with Crippen LogP contribution in [0.15, 0.2) is 28.7 Å². The van der Waals surface area contributed by atoms with Crippen molar-refractivity contribution in [3.05, 3.63) is 40.2 Å². The van der Waals surface area contributed by atoms with Crippen molar-refractivity contribution >= 4 is 26.8 Å². The monoisotopic (exact) mass is 309 g/mol. The van der Waals surface area contributed by atoms with Crippen LogP contribution in [0.3, 0.4) is 0 Å². The predicted octanol–water partition coefficient (Wildman–Crippen LogP) is 5.26. The summed E-state index contributed by atoms with van der Waals surface area (Å²) in [5.41, 5.74) is 1.42. The van der Waals surface area contributed by atoms with E-state index in [2.05, 4.69) is 27.8 Å². The van der Waals surface area contributed by atoms with Gasteiger partial charge in [0.2, 0.25) is 5.95 Å². The Bertz CT molecular complexity index is 539. The van der Waals surface area contributed by atoms with Crippen molar-refractivity contribution in [2.75, 3.05) is 0 Å². The number of benzene rings is 1. The van der Waals surface area contributed by atoms with E-state index in [4.69, 9.17) is 0 Å². The molecule has 3 heteroatoms. The highest BCUT2D eigenvalue weighted by Crippen LogP contribution is 2.29. The lowest BCUT2D eigenvalue weighted by Crippen LogP contribution is -1.98. The Labute approximate surface area is 116 Å². The zero-order valence-corrected chi connectivity index (χ0v) is 12.1. The summed E-state index contributed by atoms with van der Waals surface area (Å²) in [7, 11) is 0.